The van der Waals surface area contributed by atoms with Gasteiger partial charge in [0, 0.05) is 0 Å². The second-order valence-corrected chi connectivity index (χ2v) is 6.74. The van der Waals surface area contributed by atoms with Crippen LogP contribution in [0.4, 0.5) is 26.3 Å². The lowest BCUT2D eigenvalue weighted by molar-refractivity contribution is -0.356. The molecule has 2 radical (unpaired) electrons. The minimum atomic E-state index is -6.37. The topological polar surface area (TPSA) is 80.7 Å². The normalized spacial score (nSPS) is 13.5. The van der Waals surface area contributed by atoms with Crippen LogP contribution in [0.25, 0.3) is 0 Å². The van der Waals surface area contributed by atoms with Crippen LogP contribution in [0, 0.1) is 6.92 Å². The molecule has 0 saturated carbocycles. The summed E-state index contributed by atoms with van der Waals surface area (Å²) in [6, 6.07) is 3.01. The summed E-state index contributed by atoms with van der Waals surface area (Å²) in [7, 11) is -0.474. The van der Waals surface area contributed by atoms with E-state index >= 15 is 0 Å². The van der Waals surface area contributed by atoms with Gasteiger partial charge in [-0.2, -0.15) is 34.8 Å². The molecule has 0 aliphatic carbocycles. The Morgan fingerprint density at radius 1 is 1.15 bits per heavy atom. The molecule has 0 atom stereocenters. The highest BCUT2D eigenvalue weighted by Gasteiger charge is 2.76. The third-order valence-corrected chi connectivity index (χ3v) is 4.14. The highest BCUT2D eigenvalue weighted by atomic mass is 32.2. The summed E-state index contributed by atoms with van der Waals surface area (Å²) in [5.41, 5.74) is -5.36. The van der Waals surface area contributed by atoms with Crippen molar-refractivity contribution in [3.63, 3.8) is 0 Å². The highest BCUT2D eigenvalue weighted by Crippen LogP contribution is 2.47. The van der Waals surface area contributed by atoms with E-state index in [1.165, 1.54) is 13.0 Å². The van der Waals surface area contributed by atoms with Gasteiger partial charge in [0.05, 0.1) is 13.4 Å². The summed E-state index contributed by atoms with van der Waals surface area (Å²) in [4.78, 5) is 11.9. The molecule has 0 aliphatic heterocycles. The van der Waals surface area contributed by atoms with Crippen molar-refractivity contribution >= 4 is 23.9 Å². The first-order valence-corrected chi connectivity index (χ1v) is 8.26. The second kappa shape index (κ2) is 7.10. The van der Waals surface area contributed by atoms with Gasteiger partial charge >= 0.3 is 23.9 Å². The Morgan fingerprint density at radius 2 is 1.65 bits per heavy atom. The molecule has 0 aliphatic rings. The quantitative estimate of drug-likeness (QED) is 0.353. The number of alkyl halides is 6. The molecule has 0 unspecified atom stereocenters. The van der Waals surface area contributed by atoms with E-state index in [4.69, 9.17) is 12.4 Å². The Kier molecular flexibility index (Phi) is 6.09. The van der Waals surface area contributed by atoms with Gasteiger partial charge in [-0.3, -0.25) is 4.55 Å². The number of esters is 1. The Morgan fingerprint density at radius 3 is 2.00 bits per heavy atom. The van der Waals surface area contributed by atoms with Crippen molar-refractivity contribution in [2.45, 2.75) is 31.2 Å². The number of carbonyl (C=O) groups is 1. The number of rotatable bonds is 5. The Balaban J connectivity index is 3.45. The first-order chi connectivity index (χ1) is 11.5. The fraction of sp³-hybridized carbons (Fsp3) is 0.462. The van der Waals surface area contributed by atoms with Gasteiger partial charge in [0.25, 0.3) is 10.1 Å². The lowest BCUT2D eigenvalue weighted by Gasteiger charge is -2.35. The molecule has 0 aromatic heterocycles. The smallest absolute Gasteiger partial charge is 0.435 e. The summed E-state index contributed by atoms with van der Waals surface area (Å²) in [6.45, 7) is 1.40. The molecule has 0 spiro atoms. The molecule has 26 heavy (non-hydrogen) atoms. The molecular weight excluding hydrogens is 393 g/mol. The summed E-state index contributed by atoms with van der Waals surface area (Å²) in [5.74, 6) is -5.01. The average Bonchev–Trinajstić information content (AvgIpc) is 2.42. The zero-order valence-electron chi connectivity index (χ0n) is 13.0. The van der Waals surface area contributed by atoms with Crippen LogP contribution in [-0.2, 0) is 21.2 Å². The fourth-order valence-corrected chi connectivity index (χ4v) is 2.90. The van der Waals surface area contributed by atoms with Crippen LogP contribution in [0.3, 0.4) is 0 Å². The van der Waals surface area contributed by atoms with Gasteiger partial charge in [-0.15, -0.1) is 0 Å². The number of benzene rings is 1. The second-order valence-electron chi connectivity index (χ2n) is 5.28. The first kappa shape index (κ1) is 22.3. The van der Waals surface area contributed by atoms with Crippen LogP contribution in [0.1, 0.15) is 21.5 Å². The minimum Gasteiger partial charge on any atom is -0.435 e. The van der Waals surface area contributed by atoms with Crippen molar-refractivity contribution < 1.29 is 48.8 Å². The molecular formula is C13H11BF6O5S. The molecule has 13 heteroatoms. The van der Waals surface area contributed by atoms with Gasteiger partial charge in [0.15, 0.2) is 0 Å². The summed E-state index contributed by atoms with van der Waals surface area (Å²) < 4.78 is 112. The average molecular weight is 404 g/mol. The van der Waals surface area contributed by atoms with Crippen molar-refractivity contribution in [2.24, 2.45) is 0 Å². The third-order valence-electron chi connectivity index (χ3n) is 3.37. The molecule has 1 aromatic carbocycles. The van der Waals surface area contributed by atoms with Crippen LogP contribution in [0.15, 0.2) is 18.2 Å². The SMILES string of the molecule is [B]Cc1ccc(C(=O)OC(CS(=O)(=O)O)(C(F)(F)F)C(F)(F)F)cc1C. The van der Waals surface area contributed by atoms with Gasteiger partial charge in [-0.1, -0.05) is 17.9 Å². The van der Waals surface area contributed by atoms with E-state index in [0.29, 0.717) is 11.1 Å². The summed E-state index contributed by atoms with van der Waals surface area (Å²) in [6.07, 6.45) is -12.7. The van der Waals surface area contributed by atoms with Gasteiger partial charge in [-0.05, 0) is 24.6 Å². The van der Waals surface area contributed by atoms with Crippen LogP contribution in [0.2, 0.25) is 0 Å². The third kappa shape index (κ3) is 4.69. The number of hydrogen-bond donors (Lipinski definition) is 1. The van der Waals surface area contributed by atoms with Gasteiger partial charge < -0.3 is 4.74 Å². The highest BCUT2D eigenvalue weighted by molar-refractivity contribution is 7.85. The number of carbonyl (C=O) groups excluding carboxylic acids is 1. The van der Waals surface area contributed by atoms with Crippen LogP contribution >= 0.6 is 0 Å². The zero-order chi connectivity index (χ0) is 20.6. The molecule has 144 valence electrons. The Bertz CT molecular complexity index is 773. The molecule has 0 fully saturated rings. The van der Waals surface area contributed by atoms with E-state index in [2.05, 4.69) is 4.74 Å². The number of aryl methyl sites for hydroxylation is 1. The number of hydrogen-bond acceptors (Lipinski definition) is 4. The largest absolute Gasteiger partial charge is 0.438 e. The first-order valence-electron chi connectivity index (χ1n) is 6.65. The Labute approximate surface area is 145 Å². The standard InChI is InChI=1S/C13H11BF6O5S/c1-7-4-8(2-3-9(7)5-14)10(21)25-11(12(15,16)17,13(18,19)20)6-26(22,23)24/h2-4H,5-6H2,1H3,(H,22,23,24). The molecule has 1 aromatic rings. The predicted octanol–water partition coefficient (Wildman–Crippen LogP) is 2.57. The van der Waals surface area contributed by atoms with Gasteiger partial charge in [-0.25, -0.2) is 4.79 Å². The lowest BCUT2D eigenvalue weighted by Crippen LogP contribution is -2.63. The molecule has 0 bridgehead atoms. The van der Waals surface area contributed by atoms with Crippen LogP contribution in [-0.4, -0.2) is 50.5 Å². The number of halogens is 6. The van der Waals surface area contributed by atoms with Crippen molar-refractivity contribution in [1.29, 1.82) is 0 Å². The lowest BCUT2D eigenvalue weighted by atomic mass is 9.92. The van der Waals surface area contributed by atoms with E-state index in [9.17, 15) is 39.6 Å². The summed E-state index contributed by atoms with van der Waals surface area (Å²) >= 11 is 0. The van der Waals surface area contributed by atoms with E-state index < -0.39 is 45.4 Å². The maximum absolute atomic E-state index is 13.1. The maximum atomic E-state index is 13.1. The zero-order valence-corrected chi connectivity index (χ0v) is 13.8. The fourth-order valence-electron chi connectivity index (χ4n) is 2.00. The van der Waals surface area contributed by atoms with Crippen molar-refractivity contribution in [3.8, 4) is 0 Å². The van der Waals surface area contributed by atoms with E-state index in [1.54, 1.807) is 0 Å². The molecule has 0 heterocycles. The van der Waals surface area contributed by atoms with E-state index in [-0.39, 0.29) is 6.32 Å². The molecule has 1 N–H and O–H groups in total. The van der Waals surface area contributed by atoms with Crippen molar-refractivity contribution in [1.82, 2.24) is 0 Å². The van der Waals surface area contributed by atoms with Crippen LogP contribution in [0.5, 0.6) is 0 Å². The predicted molar refractivity (Wildman–Crippen MR) is 77.3 cm³/mol. The van der Waals surface area contributed by atoms with E-state index in [1.807, 2.05) is 0 Å². The van der Waals surface area contributed by atoms with Gasteiger partial charge in [0.1, 0.15) is 5.75 Å². The van der Waals surface area contributed by atoms with Crippen LogP contribution < -0.4 is 0 Å². The van der Waals surface area contributed by atoms with E-state index in [0.717, 1.165) is 12.1 Å². The molecule has 0 saturated heterocycles. The van der Waals surface area contributed by atoms with Gasteiger partial charge in [0.2, 0.25) is 0 Å². The summed E-state index contributed by atoms with van der Waals surface area (Å²) in [5, 5.41) is 0. The Hall–Kier alpha value is -1.76. The molecule has 1 rings (SSSR count). The van der Waals surface area contributed by atoms with Crippen molar-refractivity contribution in [2.75, 3.05) is 5.75 Å². The molecule has 0 amide bonds. The van der Waals surface area contributed by atoms with Crippen molar-refractivity contribution in [3.05, 3.63) is 34.9 Å². The monoisotopic (exact) mass is 404 g/mol. The number of ether oxygens (including phenoxy) is 1. The minimum absolute atomic E-state index is 0.00104. The maximum Gasteiger partial charge on any atom is 0.438 e. The molecule has 5 nitrogen and oxygen atoms in total.